The Balaban J connectivity index is 1.58. The van der Waals surface area contributed by atoms with Crippen LogP contribution in [0.3, 0.4) is 0 Å². The number of unbranched alkanes of at least 4 members (excludes halogenated alkanes) is 1. The summed E-state index contributed by atoms with van der Waals surface area (Å²) in [5, 5.41) is 5.93. The molecule has 2 N–H and O–H groups in total. The van der Waals surface area contributed by atoms with Crippen molar-refractivity contribution in [3.63, 3.8) is 0 Å². The molecule has 1 aromatic heterocycles. The van der Waals surface area contributed by atoms with Gasteiger partial charge < -0.3 is 34.3 Å². The number of hydrogen-bond donors (Lipinski definition) is 2. The van der Waals surface area contributed by atoms with E-state index in [1.54, 1.807) is 12.1 Å². The monoisotopic (exact) mass is 575 g/mol. The van der Waals surface area contributed by atoms with Gasteiger partial charge in [0.05, 0.1) is 19.3 Å². The summed E-state index contributed by atoms with van der Waals surface area (Å²) in [6.07, 6.45) is 3.42. The van der Waals surface area contributed by atoms with E-state index in [2.05, 4.69) is 25.6 Å². The number of methoxy groups -OCH3 is 1. The minimum absolute atomic E-state index is 0.268. The van der Waals surface area contributed by atoms with Gasteiger partial charge in [0.15, 0.2) is 0 Å². The first-order valence-corrected chi connectivity index (χ1v) is 14.1. The normalized spacial score (nSPS) is 11.1. The Bertz CT molecular complexity index is 1040. The van der Waals surface area contributed by atoms with Crippen LogP contribution in [0.1, 0.15) is 75.1 Å². The number of ether oxygens (including phenoxy) is 5. The second-order valence-electron chi connectivity index (χ2n) is 10.2. The lowest BCUT2D eigenvalue weighted by molar-refractivity contribution is 0.0517. The van der Waals surface area contributed by atoms with Crippen LogP contribution in [-0.2, 0) is 25.4 Å². The predicted molar refractivity (Wildman–Crippen MR) is 154 cm³/mol. The molecule has 2 rings (SSSR count). The molecular weight excluding hydrogens is 530 g/mol. The minimum atomic E-state index is -0.491. The first-order valence-electron chi connectivity index (χ1n) is 14.1. The summed E-state index contributed by atoms with van der Waals surface area (Å²) in [6, 6.07) is 7.39. The van der Waals surface area contributed by atoms with Gasteiger partial charge in [0.2, 0.25) is 5.95 Å². The van der Waals surface area contributed by atoms with Crippen molar-refractivity contribution in [2.24, 2.45) is 0 Å². The quantitative estimate of drug-likeness (QED) is 0.184. The van der Waals surface area contributed by atoms with Gasteiger partial charge in [-0.3, -0.25) is 0 Å². The highest BCUT2D eigenvalue weighted by molar-refractivity contribution is 5.89. The van der Waals surface area contributed by atoms with Crippen LogP contribution < -0.4 is 15.4 Å². The van der Waals surface area contributed by atoms with Crippen LogP contribution in [-0.4, -0.2) is 85.8 Å². The number of carbonyl (C=O) groups is 2. The highest BCUT2D eigenvalue weighted by Crippen LogP contribution is 2.13. The molecule has 0 aliphatic rings. The van der Waals surface area contributed by atoms with E-state index < -0.39 is 11.7 Å². The number of anilines is 1. The zero-order chi connectivity index (χ0) is 29.9. The van der Waals surface area contributed by atoms with Gasteiger partial charge in [-0.15, -0.1) is 0 Å². The molecule has 1 amide bonds. The molecule has 0 atom stereocenters. The first kappa shape index (κ1) is 33.7. The largest absolute Gasteiger partial charge is 0.465 e. The van der Waals surface area contributed by atoms with Crippen LogP contribution in [0.25, 0.3) is 0 Å². The summed E-state index contributed by atoms with van der Waals surface area (Å²) in [5.41, 5.74) is 0.947. The molecule has 228 valence electrons. The number of nitrogens with one attached hydrogen (secondary N) is 2. The van der Waals surface area contributed by atoms with Gasteiger partial charge in [-0.1, -0.05) is 12.1 Å². The van der Waals surface area contributed by atoms with E-state index in [4.69, 9.17) is 23.7 Å². The zero-order valence-electron chi connectivity index (χ0n) is 25.0. The van der Waals surface area contributed by atoms with E-state index in [-0.39, 0.29) is 12.0 Å². The maximum atomic E-state index is 11.6. The van der Waals surface area contributed by atoms with Gasteiger partial charge in [-0.2, -0.15) is 15.0 Å². The Kier molecular flexibility index (Phi) is 15.4. The minimum Gasteiger partial charge on any atom is -0.465 e. The molecular formula is C29H45N5O7. The number of amides is 1. The van der Waals surface area contributed by atoms with E-state index in [9.17, 15) is 9.59 Å². The standard InChI is InChI=1S/C29H45N5O7/c1-6-40-27-33-24(21-22-11-13-23(14-12-22)25(35)37-5)32-26(34-27)30-15-9-19-38-17-7-8-18-39-20-10-16-31-28(36)41-29(2,3)4/h11-14H,6-10,15-21H2,1-5H3,(H,31,36)(H,30,32,33,34). The fourth-order valence-electron chi connectivity index (χ4n) is 3.47. The molecule has 0 bridgehead atoms. The lowest BCUT2D eigenvalue weighted by Crippen LogP contribution is -2.33. The molecule has 12 nitrogen and oxygen atoms in total. The highest BCUT2D eigenvalue weighted by atomic mass is 16.6. The van der Waals surface area contributed by atoms with Gasteiger partial charge in [-0.05, 0) is 71.1 Å². The zero-order valence-corrected chi connectivity index (χ0v) is 25.0. The van der Waals surface area contributed by atoms with E-state index >= 15 is 0 Å². The van der Waals surface area contributed by atoms with Crippen molar-refractivity contribution in [3.05, 3.63) is 41.2 Å². The summed E-state index contributed by atoms with van der Waals surface area (Å²) >= 11 is 0. The summed E-state index contributed by atoms with van der Waals surface area (Å²) in [5.74, 6) is 0.635. The molecule has 1 heterocycles. The molecule has 0 fully saturated rings. The van der Waals surface area contributed by atoms with Crippen LogP contribution in [0.15, 0.2) is 24.3 Å². The van der Waals surface area contributed by atoms with Gasteiger partial charge >= 0.3 is 18.1 Å². The van der Waals surface area contributed by atoms with Crippen molar-refractivity contribution in [2.45, 2.75) is 65.4 Å². The van der Waals surface area contributed by atoms with E-state index in [1.165, 1.54) is 7.11 Å². The Labute approximate surface area is 242 Å². The molecule has 0 unspecified atom stereocenters. The Morgan fingerprint density at radius 2 is 1.49 bits per heavy atom. The Morgan fingerprint density at radius 1 is 0.854 bits per heavy atom. The van der Waals surface area contributed by atoms with Crippen molar-refractivity contribution < 1.29 is 33.3 Å². The number of nitrogens with zero attached hydrogens (tertiary/aromatic N) is 3. The second kappa shape index (κ2) is 18.8. The number of esters is 1. The van der Waals surface area contributed by atoms with Crippen molar-refractivity contribution in [3.8, 4) is 6.01 Å². The van der Waals surface area contributed by atoms with Gasteiger partial charge in [0.25, 0.3) is 0 Å². The lowest BCUT2D eigenvalue weighted by Gasteiger charge is -2.19. The SMILES string of the molecule is CCOc1nc(Cc2ccc(C(=O)OC)cc2)nc(NCCCOCCCCOCCCNC(=O)OC(C)(C)C)n1. The van der Waals surface area contributed by atoms with Gasteiger partial charge in [0.1, 0.15) is 11.4 Å². The molecule has 12 heteroatoms. The Hall–Kier alpha value is -3.51. The van der Waals surface area contributed by atoms with E-state index in [1.807, 2.05) is 39.8 Å². The summed E-state index contributed by atoms with van der Waals surface area (Å²) in [6.45, 7) is 11.5. The summed E-state index contributed by atoms with van der Waals surface area (Å²) < 4.78 is 26.8. The fraction of sp³-hybridized carbons (Fsp3) is 0.621. The van der Waals surface area contributed by atoms with Crippen LogP contribution in [0.2, 0.25) is 0 Å². The van der Waals surface area contributed by atoms with Crippen molar-refractivity contribution in [2.75, 3.05) is 58.6 Å². The number of aromatic nitrogens is 3. The molecule has 2 aromatic rings. The average molecular weight is 576 g/mol. The molecule has 0 aliphatic heterocycles. The molecule has 41 heavy (non-hydrogen) atoms. The third-order valence-corrected chi connectivity index (χ3v) is 5.38. The highest BCUT2D eigenvalue weighted by Gasteiger charge is 2.15. The van der Waals surface area contributed by atoms with Crippen molar-refractivity contribution >= 4 is 18.0 Å². The number of hydrogen-bond acceptors (Lipinski definition) is 11. The predicted octanol–water partition coefficient (Wildman–Crippen LogP) is 4.18. The number of carbonyl (C=O) groups excluding carboxylic acids is 2. The molecule has 0 spiro atoms. The van der Waals surface area contributed by atoms with Gasteiger partial charge in [0, 0.05) is 45.9 Å². The van der Waals surface area contributed by atoms with E-state index in [0.29, 0.717) is 69.9 Å². The van der Waals surface area contributed by atoms with Crippen LogP contribution in [0.5, 0.6) is 6.01 Å². The smallest absolute Gasteiger partial charge is 0.407 e. The lowest BCUT2D eigenvalue weighted by atomic mass is 10.1. The first-order chi connectivity index (χ1) is 19.7. The summed E-state index contributed by atoms with van der Waals surface area (Å²) in [4.78, 5) is 36.4. The molecule has 0 radical (unpaired) electrons. The average Bonchev–Trinajstić information content (AvgIpc) is 2.92. The van der Waals surface area contributed by atoms with Crippen molar-refractivity contribution in [1.82, 2.24) is 20.3 Å². The van der Waals surface area contributed by atoms with Crippen molar-refractivity contribution in [1.29, 1.82) is 0 Å². The van der Waals surface area contributed by atoms with E-state index in [0.717, 1.165) is 31.2 Å². The topological polar surface area (TPSA) is 143 Å². The maximum Gasteiger partial charge on any atom is 0.407 e. The maximum absolute atomic E-state index is 11.6. The van der Waals surface area contributed by atoms with Crippen LogP contribution in [0.4, 0.5) is 10.7 Å². The number of rotatable bonds is 19. The fourth-order valence-corrected chi connectivity index (χ4v) is 3.47. The molecule has 0 aliphatic carbocycles. The third kappa shape index (κ3) is 15.2. The summed E-state index contributed by atoms with van der Waals surface area (Å²) in [7, 11) is 1.36. The molecule has 0 saturated carbocycles. The van der Waals surface area contributed by atoms with Crippen LogP contribution >= 0.6 is 0 Å². The second-order valence-corrected chi connectivity index (χ2v) is 10.2. The molecule has 1 aromatic carbocycles. The number of benzene rings is 1. The Morgan fingerprint density at radius 3 is 2.10 bits per heavy atom. The van der Waals surface area contributed by atoms with Gasteiger partial charge in [-0.25, -0.2) is 9.59 Å². The number of alkyl carbamates (subject to hydrolysis) is 1. The van der Waals surface area contributed by atoms with Crippen LogP contribution in [0, 0.1) is 0 Å². The molecule has 0 saturated heterocycles. The third-order valence-electron chi connectivity index (χ3n) is 5.38.